The molecule has 29 heavy (non-hydrogen) atoms. The van der Waals surface area contributed by atoms with Crippen LogP contribution in [-0.2, 0) is 17.3 Å². The van der Waals surface area contributed by atoms with Gasteiger partial charge in [-0.3, -0.25) is 4.79 Å². The van der Waals surface area contributed by atoms with E-state index in [1.54, 1.807) is 20.4 Å². The number of benzene rings is 2. The summed E-state index contributed by atoms with van der Waals surface area (Å²) in [5.41, 5.74) is 1.38. The Morgan fingerprint density at radius 1 is 1.10 bits per heavy atom. The maximum Gasteiger partial charge on any atom is 0.231 e. The molecule has 0 aliphatic heterocycles. The van der Waals surface area contributed by atoms with Gasteiger partial charge in [-0.2, -0.15) is 0 Å². The summed E-state index contributed by atoms with van der Waals surface area (Å²) >= 11 is 0. The first kappa shape index (κ1) is 19.1. The lowest BCUT2D eigenvalue weighted by Crippen LogP contribution is -2.38. The van der Waals surface area contributed by atoms with Gasteiger partial charge in [-0.15, -0.1) is 0 Å². The van der Waals surface area contributed by atoms with E-state index >= 15 is 0 Å². The summed E-state index contributed by atoms with van der Waals surface area (Å²) in [5, 5.41) is 3.25. The molecule has 1 saturated carbocycles. The minimum atomic E-state index is -0.502. The van der Waals surface area contributed by atoms with Gasteiger partial charge in [-0.1, -0.05) is 30.3 Å². The van der Waals surface area contributed by atoms with E-state index in [4.69, 9.17) is 9.47 Å². The lowest BCUT2D eigenvalue weighted by atomic mass is 9.93. The van der Waals surface area contributed by atoms with Gasteiger partial charge in [0, 0.05) is 25.0 Å². The third-order valence-corrected chi connectivity index (χ3v) is 5.67. The van der Waals surface area contributed by atoms with Crippen molar-refractivity contribution in [3.05, 3.63) is 77.9 Å². The Bertz CT molecular complexity index is 1010. The zero-order chi connectivity index (χ0) is 20.4. The van der Waals surface area contributed by atoms with E-state index in [0.29, 0.717) is 0 Å². The standard InChI is InChI=1S/C23H25N3O3/c1-26-15-14-24-21(26)20(18-6-4-5-7-19(18)29-3)25-22(27)23(12-13-23)16-8-10-17(28-2)11-9-16/h4-11,14-15,20H,12-13H2,1-3H3,(H,25,27). The van der Waals surface area contributed by atoms with E-state index in [1.165, 1.54) is 0 Å². The predicted molar refractivity (Wildman–Crippen MR) is 110 cm³/mol. The van der Waals surface area contributed by atoms with Crippen molar-refractivity contribution in [2.75, 3.05) is 14.2 Å². The Labute approximate surface area is 170 Å². The average molecular weight is 391 g/mol. The molecule has 1 unspecified atom stereocenters. The molecule has 4 rings (SSSR count). The summed E-state index contributed by atoms with van der Waals surface area (Å²) in [5.74, 6) is 2.26. The van der Waals surface area contributed by atoms with Crippen molar-refractivity contribution >= 4 is 5.91 Å². The molecule has 1 N–H and O–H groups in total. The Morgan fingerprint density at radius 2 is 1.83 bits per heavy atom. The zero-order valence-electron chi connectivity index (χ0n) is 16.9. The molecule has 1 amide bonds. The molecule has 0 spiro atoms. The number of rotatable bonds is 7. The molecule has 0 saturated heterocycles. The number of hydrogen-bond donors (Lipinski definition) is 1. The quantitative estimate of drug-likeness (QED) is 0.671. The summed E-state index contributed by atoms with van der Waals surface area (Å²) in [6.07, 6.45) is 5.26. The summed E-state index contributed by atoms with van der Waals surface area (Å²) in [6, 6.07) is 15.1. The lowest BCUT2D eigenvalue weighted by Gasteiger charge is -2.24. The molecule has 1 fully saturated rings. The Hall–Kier alpha value is -3.28. The van der Waals surface area contributed by atoms with Crippen LogP contribution in [0.2, 0.25) is 0 Å². The van der Waals surface area contributed by atoms with Crippen molar-refractivity contribution in [2.24, 2.45) is 7.05 Å². The minimum Gasteiger partial charge on any atom is -0.497 e. The van der Waals surface area contributed by atoms with E-state index in [-0.39, 0.29) is 5.91 Å². The molecular weight excluding hydrogens is 366 g/mol. The first-order valence-electron chi connectivity index (χ1n) is 9.64. The average Bonchev–Trinajstić information content (AvgIpc) is 3.47. The van der Waals surface area contributed by atoms with Gasteiger partial charge >= 0.3 is 0 Å². The SMILES string of the molecule is COc1ccc(C2(C(=O)NC(c3ccccc3OC)c3nccn3C)CC2)cc1. The fourth-order valence-corrected chi connectivity index (χ4v) is 3.79. The lowest BCUT2D eigenvalue weighted by molar-refractivity contribution is -0.124. The maximum atomic E-state index is 13.5. The number of para-hydroxylation sites is 1. The number of aromatic nitrogens is 2. The van der Waals surface area contributed by atoms with Crippen LogP contribution in [0.4, 0.5) is 0 Å². The normalized spacial score (nSPS) is 15.4. The number of methoxy groups -OCH3 is 2. The van der Waals surface area contributed by atoms with E-state index < -0.39 is 11.5 Å². The van der Waals surface area contributed by atoms with Crippen molar-refractivity contribution in [1.82, 2.24) is 14.9 Å². The highest BCUT2D eigenvalue weighted by molar-refractivity contribution is 5.91. The fraction of sp³-hybridized carbons (Fsp3) is 0.304. The van der Waals surface area contributed by atoms with E-state index in [2.05, 4.69) is 10.3 Å². The number of nitrogens with zero attached hydrogens (tertiary/aromatic N) is 2. The number of aryl methyl sites for hydroxylation is 1. The van der Waals surface area contributed by atoms with E-state index in [9.17, 15) is 4.79 Å². The fourth-order valence-electron chi connectivity index (χ4n) is 3.79. The smallest absolute Gasteiger partial charge is 0.231 e. The number of carbonyl (C=O) groups excluding carboxylic acids is 1. The van der Waals surface area contributed by atoms with Crippen LogP contribution in [0.25, 0.3) is 0 Å². The second-order valence-corrected chi connectivity index (χ2v) is 7.36. The maximum absolute atomic E-state index is 13.5. The van der Waals surface area contributed by atoms with Gasteiger partial charge in [-0.25, -0.2) is 4.98 Å². The topological polar surface area (TPSA) is 65.4 Å². The number of hydrogen-bond acceptors (Lipinski definition) is 4. The Morgan fingerprint density at radius 3 is 2.41 bits per heavy atom. The highest BCUT2D eigenvalue weighted by atomic mass is 16.5. The van der Waals surface area contributed by atoms with Crippen LogP contribution in [0.3, 0.4) is 0 Å². The van der Waals surface area contributed by atoms with E-state index in [0.717, 1.165) is 41.3 Å². The molecule has 1 heterocycles. The van der Waals surface area contributed by atoms with Gasteiger partial charge < -0.3 is 19.4 Å². The molecule has 1 aliphatic rings. The van der Waals surface area contributed by atoms with Crippen molar-refractivity contribution in [3.8, 4) is 11.5 Å². The van der Waals surface area contributed by atoms with Crippen molar-refractivity contribution in [2.45, 2.75) is 24.3 Å². The molecule has 150 valence electrons. The summed E-state index contributed by atoms with van der Waals surface area (Å²) in [4.78, 5) is 17.9. The third-order valence-electron chi connectivity index (χ3n) is 5.67. The van der Waals surface area contributed by atoms with Crippen LogP contribution >= 0.6 is 0 Å². The van der Waals surface area contributed by atoms with Crippen LogP contribution < -0.4 is 14.8 Å². The monoisotopic (exact) mass is 391 g/mol. The van der Waals surface area contributed by atoms with Crippen LogP contribution in [0.15, 0.2) is 60.9 Å². The first-order valence-corrected chi connectivity index (χ1v) is 9.64. The van der Waals surface area contributed by atoms with Crippen LogP contribution in [0.1, 0.15) is 35.8 Å². The zero-order valence-corrected chi connectivity index (χ0v) is 16.9. The Kier molecular flexibility index (Phi) is 5.01. The third kappa shape index (κ3) is 3.46. The summed E-state index contributed by atoms with van der Waals surface area (Å²) in [6.45, 7) is 0. The van der Waals surface area contributed by atoms with Gasteiger partial charge in [0.25, 0.3) is 0 Å². The summed E-state index contributed by atoms with van der Waals surface area (Å²) < 4.78 is 12.7. The van der Waals surface area contributed by atoms with Gasteiger partial charge in [0.15, 0.2) is 0 Å². The highest BCUT2D eigenvalue weighted by Gasteiger charge is 2.52. The molecular formula is C23H25N3O3. The number of amides is 1. The molecule has 1 atom stereocenters. The number of ether oxygens (including phenoxy) is 2. The highest BCUT2D eigenvalue weighted by Crippen LogP contribution is 2.49. The first-order chi connectivity index (χ1) is 14.1. The van der Waals surface area contributed by atoms with Crippen molar-refractivity contribution in [3.63, 3.8) is 0 Å². The van der Waals surface area contributed by atoms with E-state index in [1.807, 2.05) is 66.3 Å². The molecule has 1 aliphatic carbocycles. The van der Waals surface area contributed by atoms with Gasteiger partial charge in [0.1, 0.15) is 23.4 Å². The van der Waals surface area contributed by atoms with Gasteiger partial charge in [0.05, 0.1) is 19.6 Å². The summed E-state index contributed by atoms with van der Waals surface area (Å²) in [7, 11) is 5.20. The molecule has 0 radical (unpaired) electrons. The van der Waals surface area contributed by atoms with Gasteiger partial charge in [-0.05, 0) is 36.6 Å². The molecule has 6 heteroatoms. The van der Waals surface area contributed by atoms with Gasteiger partial charge in [0.2, 0.25) is 5.91 Å². The number of carbonyl (C=O) groups is 1. The van der Waals surface area contributed by atoms with Crippen molar-refractivity contribution in [1.29, 1.82) is 0 Å². The predicted octanol–water partition coefficient (Wildman–Crippen LogP) is 3.37. The van der Waals surface area contributed by atoms with Crippen LogP contribution in [0, 0.1) is 0 Å². The van der Waals surface area contributed by atoms with Crippen LogP contribution in [0.5, 0.6) is 11.5 Å². The molecule has 0 bridgehead atoms. The van der Waals surface area contributed by atoms with Crippen LogP contribution in [-0.4, -0.2) is 29.7 Å². The Balaban J connectivity index is 1.67. The molecule has 2 aromatic carbocycles. The largest absolute Gasteiger partial charge is 0.497 e. The molecule has 6 nitrogen and oxygen atoms in total. The molecule has 3 aromatic rings. The second kappa shape index (κ2) is 7.62. The minimum absolute atomic E-state index is 0.00146. The number of imidazole rings is 1. The second-order valence-electron chi connectivity index (χ2n) is 7.36. The number of nitrogens with one attached hydrogen (secondary N) is 1. The van der Waals surface area contributed by atoms with Crippen molar-refractivity contribution < 1.29 is 14.3 Å². The molecule has 1 aromatic heterocycles.